The van der Waals surface area contributed by atoms with Crippen molar-refractivity contribution in [3.05, 3.63) is 69.8 Å². The van der Waals surface area contributed by atoms with Crippen molar-refractivity contribution < 1.29 is 27.5 Å². The smallest absolute Gasteiger partial charge is 0.379 e. The van der Waals surface area contributed by atoms with Crippen molar-refractivity contribution in [2.45, 2.75) is 45.8 Å². The van der Waals surface area contributed by atoms with E-state index in [1.165, 1.54) is 18.2 Å². The first kappa shape index (κ1) is 36.1. The summed E-state index contributed by atoms with van der Waals surface area (Å²) >= 11 is 13.5. The highest BCUT2D eigenvalue weighted by Gasteiger charge is 2.31. The molecule has 3 heterocycles. The fraction of sp³-hybridized carbons (Fsp3) is 0.364. The lowest BCUT2D eigenvalue weighted by atomic mass is 10.0. The molecule has 0 aliphatic carbocycles. The molecule has 3 amide bonds. The van der Waals surface area contributed by atoms with Gasteiger partial charge in [-0.3, -0.25) is 15.1 Å². The molecule has 2 aromatic carbocycles. The number of pyridine rings is 1. The molecule has 0 radical (unpaired) electrons. The van der Waals surface area contributed by atoms with Crippen LogP contribution in [0.25, 0.3) is 22.2 Å². The molecule has 0 spiro atoms. The molecule has 260 valence electrons. The number of carbonyl (C=O) groups is 2. The van der Waals surface area contributed by atoms with Gasteiger partial charge >= 0.3 is 12.2 Å². The van der Waals surface area contributed by atoms with Crippen LogP contribution in [-0.4, -0.2) is 70.3 Å². The third-order valence-electron chi connectivity index (χ3n) is 7.33. The van der Waals surface area contributed by atoms with Crippen molar-refractivity contribution in [2.24, 2.45) is 0 Å². The van der Waals surface area contributed by atoms with Gasteiger partial charge in [-0.25, -0.2) is 19.8 Å². The lowest BCUT2D eigenvalue weighted by Crippen LogP contribution is -2.50. The summed E-state index contributed by atoms with van der Waals surface area (Å²) < 4.78 is 45.4. The third kappa shape index (κ3) is 8.68. The number of carbonyl (C=O) groups excluding carboxylic acids is 2. The van der Waals surface area contributed by atoms with E-state index in [0.717, 1.165) is 24.6 Å². The van der Waals surface area contributed by atoms with E-state index in [2.05, 4.69) is 32.9 Å². The molecule has 2 aromatic heterocycles. The molecule has 0 bridgehead atoms. The SMILES string of the molecule is CCCN(c1ncc2cc(-c3c(Cl)ccc(NC(=O)c4cccc(C(F)(F)F)c4)c3Cl)c(NC(=O)NC(C)(C)C)nc2n1)N1CCOCC1. The van der Waals surface area contributed by atoms with Crippen molar-refractivity contribution in [3.63, 3.8) is 0 Å². The Kier molecular flexibility index (Phi) is 10.8. The predicted octanol–water partition coefficient (Wildman–Crippen LogP) is 7.65. The summed E-state index contributed by atoms with van der Waals surface area (Å²) in [6.07, 6.45) is -2.19. The first-order valence-corrected chi connectivity index (χ1v) is 16.2. The average molecular weight is 720 g/mol. The summed E-state index contributed by atoms with van der Waals surface area (Å²) in [5, 5.41) is 12.9. The zero-order chi connectivity index (χ0) is 35.5. The Hall–Kier alpha value is -4.24. The molecule has 1 aliphatic rings. The van der Waals surface area contributed by atoms with E-state index in [1.807, 2.05) is 25.8 Å². The molecule has 5 rings (SSSR count). The molecular formula is C33H35Cl2F3N8O3. The minimum absolute atomic E-state index is 0.0350. The molecular weight excluding hydrogens is 684 g/mol. The van der Waals surface area contributed by atoms with Gasteiger partial charge in [0.25, 0.3) is 5.91 Å². The fourth-order valence-corrected chi connectivity index (χ4v) is 5.77. The zero-order valence-corrected chi connectivity index (χ0v) is 28.7. The highest BCUT2D eigenvalue weighted by atomic mass is 35.5. The van der Waals surface area contributed by atoms with Gasteiger partial charge in [0.05, 0.1) is 34.5 Å². The van der Waals surface area contributed by atoms with E-state index >= 15 is 0 Å². The van der Waals surface area contributed by atoms with Crippen molar-refractivity contribution in [1.29, 1.82) is 0 Å². The number of hydrogen-bond acceptors (Lipinski definition) is 8. The Morgan fingerprint density at radius 2 is 1.76 bits per heavy atom. The van der Waals surface area contributed by atoms with Crippen LogP contribution in [0.3, 0.4) is 0 Å². The summed E-state index contributed by atoms with van der Waals surface area (Å²) in [6, 6.07) is 8.03. The predicted molar refractivity (Wildman–Crippen MR) is 184 cm³/mol. The number of halogens is 5. The van der Waals surface area contributed by atoms with Gasteiger partial charge < -0.3 is 15.4 Å². The van der Waals surface area contributed by atoms with E-state index in [4.69, 9.17) is 37.9 Å². The van der Waals surface area contributed by atoms with E-state index < -0.39 is 29.2 Å². The number of anilines is 3. The number of fused-ring (bicyclic) bond motifs is 1. The van der Waals surface area contributed by atoms with E-state index in [1.54, 1.807) is 12.3 Å². The van der Waals surface area contributed by atoms with Crippen LogP contribution in [0.2, 0.25) is 10.0 Å². The number of hydrogen-bond donors (Lipinski definition) is 3. The number of nitrogens with zero attached hydrogens (tertiary/aromatic N) is 5. The van der Waals surface area contributed by atoms with Gasteiger partial charge in [0.15, 0.2) is 5.65 Å². The lowest BCUT2D eigenvalue weighted by molar-refractivity contribution is -0.137. The van der Waals surface area contributed by atoms with Gasteiger partial charge in [0.2, 0.25) is 5.95 Å². The Morgan fingerprint density at radius 1 is 1.02 bits per heavy atom. The van der Waals surface area contributed by atoms with Crippen LogP contribution in [0, 0.1) is 0 Å². The van der Waals surface area contributed by atoms with Crippen LogP contribution >= 0.6 is 23.2 Å². The highest BCUT2D eigenvalue weighted by molar-refractivity contribution is 6.41. The van der Waals surface area contributed by atoms with Crippen molar-refractivity contribution in [3.8, 4) is 11.1 Å². The number of rotatable bonds is 8. The second-order valence-corrected chi connectivity index (χ2v) is 13.1. The standard InChI is InChI=1S/C33H35Cl2F3N8O3/c1-5-11-46(45-12-14-49-15-13-45)30-39-18-20-17-22(28(41-27(20)42-30)43-31(48)44-32(2,3)4)25-23(34)9-10-24(26(25)35)40-29(47)19-7-6-8-21(16-19)33(36,37)38/h6-10,16-18H,5,11-15H2,1-4H3,(H,40,47)(H2,39,41,42,43,44,48). The number of urea groups is 1. The van der Waals surface area contributed by atoms with E-state index in [-0.39, 0.29) is 43.9 Å². The Morgan fingerprint density at radius 3 is 2.43 bits per heavy atom. The quantitative estimate of drug-likeness (QED) is 0.170. The van der Waals surface area contributed by atoms with Crippen molar-refractivity contribution >= 4 is 63.6 Å². The van der Waals surface area contributed by atoms with E-state index in [0.29, 0.717) is 44.2 Å². The molecule has 4 aromatic rings. The largest absolute Gasteiger partial charge is 0.416 e. The van der Waals surface area contributed by atoms with Crippen LogP contribution in [-0.2, 0) is 10.9 Å². The molecule has 3 N–H and O–H groups in total. The normalized spacial score (nSPS) is 14.1. The summed E-state index contributed by atoms with van der Waals surface area (Å²) in [7, 11) is 0. The van der Waals surface area contributed by atoms with Crippen LogP contribution in [0.4, 0.5) is 35.4 Å². The van der Waals surface area contributed by atoms with Crippen LogP contribution in [0.5, 0.6) is 0 Å². The molecule has 0 atom stereocenters. The molecule has 49 heavy (non-hydrogen) atoms. The third-order valence-corrected chi connectivity index (χ3v) is 8.04. The maximum Gasteiger partial charge on any atom is 0.416 e. The minimum atomic E-state index is -4.63. The monoisotopic (exact) mass is 718 g/mol. The van der Waals surface area contributed by atoms with Crippen molar-refractivity contribution in [1.82, 2.24) is 25.3 Å². The molecule has 1 saturated heterocycles. The van der Waals surface area contributed by atoms with Gasteiger partial charge in [-0.15, -0.1) is 0 Å². The Labute approximate surface area is 291 Å². The van der Waals surface area contributed by atoms with Crippen LogP contribution in [0.15, 0.2) is 48.7 Å². The number of nitrogens with one attached hydrogen (secondary N) is 3. The zero-order valence-electron chi connectivity index (χ0n) is 27.2. The Balaban J connectivity index is 1.58. The number of amides is 3. The maximum absolute atomic E-state index is 13.3. The van der Waals surface area contributed by atoms with Crippen LogP contribution < -0.4 is 21.0 Å². The highest BCUT2D eigenvalue weighted by Crippen LogP contribution is 2.43. The molecule has 11 nitrogen and oxygen atoms in total. The lowest BCUT2D eigenvalue weighted by Gasteiger charge is -2.37. The van der Waals surface area contributed by atoms with E-state index in [9.17, 15) is 22.8 Å². The van der Waals surface area contributed by atoms with Gasteiger partial charge in [0, 0.05) is 53.4 Å². The first-order chi connectivity index (χ1) is 23.1. The average Bonchev–Trinajstić information content (AvgIpc) is 3.04. The molecule has 1 aliphatic heterocycles. The molecule has 0 saturated carbocycles. The fourth-order valence-electron chi connectivity index (χ4n) is 5.15. The summed E-state index contributed by atoms with van der Waals surface area (Å²) in [5.74, 6) is -0.326. The number of aromatic nitrogens is 3. The topological polar surface area (TPSA) is 125 Å². The van der Waals surface area contributed by atoms with Gasteiger partial charge in [-0.1, -0.05) is 36.2 Å². The number of alkyl halides is 3. The number of morpholine rings is 1. The molecule has 1 fully saturated rings. The minimum Gasteiger partial charge on any atom is -0.379 e. The molecule has 0 unspecified atom stereocenters. The summed E-state index contributed by atoms with van der Waals surface area (Å²) in [4.78, 5) is 40.3. The Bertz CT molecular complexity index is 1860. The van der Waals surface area contributed by atoms with Crippen molar-refractivity contribution in [2.75, 3.05) is 48.5 Å². The summed E-state index contributed by atoms with van der Waals surface area (Å²) in [6.45, 7) is 10.7. The van der Waals surface area contributed by atoms with Gasteiger partial charge in [0.1, 0.15) is 5.82 Å². The second kappa shape index (κ2) is 14.7. The number of ether oxygens (including phenoxy) is 1. The van der Waals surface area contributed by atoms with Gasteiger partial charge in [-0.05, 0) is 63.6 Å². The number of hydrazine groups is 1. The molecule has 16 heteroatoms. The second-order valence-electron chi connectivity index (χ2n) is 12.3. The first-order valence-electron chi connectivity index (χ1n) is 15.5. The maximum atomic E-state index is 13.3. The van der Waals surface area contributed by atoms with Gasteiger partial charge in [-0.2, -0.15) is 18.2 Å². The summed E-state index contributed by atoms with van der Waals surface area (Å²) in [5.41, 5.74) is -0.928. The number of benzene rings is 2. The van der Waals surface area contributed by atoms with Crippen LogP contribution in [0.1, 0.15) is 50.0 Å².